The van der Waals surface area contributed by atoms with Crippen LogP contribution in [0, 0.1) is 17.8 Å². The van der Waals surface area contributed by atoms with E-state index < -0.39 is 22.6 Å². The lowest BCUT2D eigenvalue weighted by molar-refractivity contribution is -0.154. The van der Waals surface area contributed by atoms with Crippen LogP contribution in [0.5, 0.6) is 0 Å². The number of thioether (sulfide) groups is 1. The molecule has 0 saturated carbocycles. The highest BCUT2D eigenvalue weighted by Crippen LogP contribution is 2.68. The number of allylic oxidation sites excluding steroid dienone is 1. The van der Waals surface area contributed by atoms with Crippen LogP contribution in [-0.4, -0.2) is 90.0 Å². The van der Waals surface area contributed by atoms with E-state index in [4.69, 9.17) is 4.74 Å². The van der Waals surface area contributed by atoms with Gasteiger partial charge in [-0.15, -0.1) is 30.0 Å². The second-order valence-corrected chi connectivity index (χ2v) is 12.7. The molecule has 0 aliphatic carbocycles. The summed E-state index contributed by atoms with van der Waals surface area (Å²) in [5.74, 6) is -1.96. The predicted molar refractivity (Wildman–Crippen MR) is 157 cm³/mol. The van der Waals surface area contributed by atoms with E-state index in [0.717, 1.165) is 36.7 Å². The smallest absolute Gasteiger partial charge is 0.310 e. The lowest BCUT2D eigenvalue weighted by atomic mass is 9.66. The topological polar surface area (TPSA) is 118 Å². The van der Waals surface area contributed by atoms with Crippen molar-refractivity contribution in [3.8, 4) is 0 Å². The number of aliphatic hydroxyl groups is 1. The number of carbonyl (C=O) groups excluding carboxylic acids is 3. The molecule has 220 valence electrons. The number of benzene rings is 1. The first-order valence-corrected chi connectivity index (χ1v) is 15.3. The fourth-order valence-electron chi connectivity index (χ4n) is 6.94. The van der Waals surface area contributed by atoms with E-state index in [0.29, 0.717) is 13.0 Å². The Morgan fingerprint density at radius 1 is 1.24 bits per heavy atom. The molecule has 3 saturated heterocycles. The zero-order valence-electron chi connectivity index (χ0n) is 23.6. The fraction of sp³-hybridized carbons (Fsp3) is 0.567. The number of para-hydroxylation sites is 1. The van der Waals surface area contributed by atoms with Gasteiger partial charge in [0, 0.05) is 24.9 Å². The first kappa shape index (κ1) is 29.3. The summed E-state index contributed by atoms with van der Waals surface area (Å²) in [7, 11) is 0. The summed E-state index contributed by atoms with van der Waals surface area (Å²) < 4.78 is 6.62. The lowest BCUT2D eigenvalue weighted by Gasteiger charge is -2.40. The van der Waals surface area contributed by atoms with E-state index in [1.54, 1.807) is 32.3 Å². The number of likely N-dealkylation sites (tertiary alicyclic amines) is 1. The van der Waals surface area contributed by atoms with Crippen LogP contribution in [0.4, 0.5) is 0 Å². The Kier molecular flexibility index (Phi) is 8.84. The van der Waals surface area contributed by atoms with Crippen LogP contribution in [0.1, 0.15) is 39.0 Å². The predicted octanol–water partition coefficient (Wildman–Crippen LogP) is 3.02. The van der Waals surface area contributed by atoms with Gasteiger partial charge in [-0.05, 0) is 50.2 Å². The Balaban J connectivity index is 1.45. The Hall–Kier alpha value is -3.18. The number of esters is 1. The minimum Gasteiger partial charge on any atom is -0.465 e. The fourth-order valence-corrected chi connectivity index (χ4v) is 9.34. The van der Waals surface area contributed by atoms with Crippen LogP contribution >= 0.6 is 11.8 Å². The van der Waals surface area contributed by atoms with Gasteiger partial charge < -0.3 is 19.6 Å². The number of unbranched alkanes of at least 4 members (excludes halogenated alkanes) is 2. The van der Waals surface area contributed by atoms with Gasteiger partial charge in [-0.25, -0.2) is 4.68 Å². The largest absolute Gasteiger partial charge is 0.465 e. The number of hydrogen-bond donors (Lipinski definition) is 1. The number of ether oxygens (including phenoxy) is 1. The maximum Gasteiger partial charge on any atom is 0.310 e. The molecule has 3 unspecified atom stereocenters. The number of fused-ring (bicyclic) bond motifs is 2. The number of aromatic nitrogens is 3. The summed E-state index contributed by atoms with van der Waals surface area (Å²) in [6, 6.07) is 6.76. The lowest BCUT2D eigenvalue weighted by Crippen LogP contribution is -2.57. The average molecular weight is 582 g/mol. The quantitative estimate of drug-likeness (QED) is 0.206. The molecular weight excluding hydrogens is 542 g/mol. The number of amides is 2. The minimum atomic E-state index is -0.781. The molecule has 4 heterocycles. The first-order valence-electron chi connectivity index (χ1n) is 14.4. The van der Waals surface area contributed by atoms with Crippen molar-refractivity contribution in [2.75, 3.05) is 26.3 Å². The van der Waals surface area contributed by atoms with Crippen molar-refractivity contribution in [1.29, 1.82) is 0 Å². The Morgan fingerprint density at radius 2 is 2.05 bits per heavy atom. The second-order valence-electron chi connectivity index (χ2n) is 11.2. The van der Waals surface area contributed by atoms with Crippen molar-refractivity contribution in [3.63, 3.8) is 0 Å². The SMILES string of the molecule is C=CCCCCOC(=O)[C@@H]1[C@H]2C(=O)N(CCCO)C(C(=O)N(CC=C)Cn3nnc4ccccc43)C23S[C@@H]1CC3C. The van der Waals surface area contributed by atoms with Crippen LogP contribution < -0.4 is 0 Å². The summed E-state index contributed by atoms with van der Waals surface area (Å²) in [6.07, 6.45) is 7.06. The molecule has 3 aliphatic rings. The maximum absolute atomic E-state index is 14.6. The summed E-state index contributed by atoms with van der Waals surface area (Å²) in [5.41, 5.74) is 1.52. The molecule has 2 amide bonds. The van der Waals surface area contributed by atoms with Gasteiger partial charge in [-0.2, -0.15) is 0 Å². The number of aliphatic hydroxyl groups excluding tert-OH is 1. The molecule has 1 N–H and O–H groups in total. The Morgan fingerprint density at radius 3 is 2.80 bits per heavy atom. The Bertz CT molecular complexity index is 1320. The highest BCUT2D eigenvalue weighted by molar-refractivity contribution is 8.02. The molecular formula is C30H39N5O5S. The third-order valence-corrected chi connectivity index (χ3v) is 10.8. The zero-order chi connectivity index (χ0) is 29.1. The third-order valence-electron chi connectivity index (χ3n) is 8.74. The van der Waals surface area contributed by atoms with Gasteiger partial charge in [0.15, 0.2) is 0 Å². The van der Waals surface area contributed by atoms with Crippen LogP contribution in [0.2, 0.25) is 0 Å². The van der Waals surface area contributed by atoms with Crippen LogP contribution in [-0.2, 0) is 25.8 Å². The molecule has 41 heavy (non-hydrogen) atoms. The molecule has 2 aromatic rings. The van der Waals surface area contributed by atoms with Gasteiger partial charge in [0.2, 0.25) is 11.8 Å². The van der Waals surface area contributed by atoms with Crippen molar-refractivity contribution in [2.45, 2.75) is 61.7 Å². The standard InChI is InChI=1S/C30H39N5O5S/c1-4-6-7-10-17-40-29(39)24-23-18-20(3)30(41-23)25(24)27(37)34(15-11-16-36)26(30)28(38)33(14-5-2)19-35-22-13-9-8-12-21(22)31-32-35/h4-5,8-9,12-13,20,23-26,36H,1-2,6-7,10-11,14-19H2,3H3/t20?,23-,24+,25+,26?,30?/m1/s1. The minimum absolute atomic E-state index is 0.0361. The third kappa shape index (κ3) is 5.07. The molecule has 6 atom stereocenters. The van der Waals surface area contributed by atoms with E-state index in [2.05, 4.69) is 30.4 Å². The molecule has 3 aliphatic heterocycles. The molecule has 2 bridgehead atoms. The molecule has 3 fully saturated rings. The van der Waals surface area contributed by atoms with Gasteiger partial charge >= 0.3 is 5.97 Å². The summed E-state index contributed by atoms with van der Waals surface area (Å²) in [4.78, 5) is 45.4. The van der Waals surface area contributed by atoms with Crippen molar-refractivity contribution < 1.29 is 24.2 Å². The van der Waals surface area contributed by atoms with Gasteiger partial charge in [-0.3, -0.25) is 14.4 Å². The molecule has 10 nitrogen and oxygen atoms in total. The van der Waals surface area contributed by atoms with Crippen LogP contribution in [0.25, 0.3) is 11.0 Å². The van der Waals surface area contributed by atoms with Gasteiger partial charge in [0.1, 0.15) is 18.2 Å². The van der Waals surface area contributed by atoms with Crippen molar-refractivity contribution in [1.82, 2.24) is 24.8 Å². The molecule has 5 rings (SSSR count). The van der Waals surface area contributed by atoms with Crippen molar-refractivity contribution in [3.05, 3.63) is 49.6 Å². The first-order chi connectivity index (χ1) is 19.9. The number of hydrogen-bond acceptors (Lipinski definition) is 8. The van der Waals surface area contributed by atoms with E-state index in [9.17, 15) is 19.5 Å². The molecule has 11 heteroatoms. The molecule has 1 aromatic heterocycles. The van der Waals surface area contributed by atoms with Crippen molar-refractivity contribution in [2.24, 2.45) is 17.8 Å². The zero-order valence-corrected chi connectivity index (χ0v) is 24.4. The van der Waals surface area contributed by atoms with Crippen LogP contribution in [0.3, 0.4) is 0 Å². The summed E-state index contributed by atoms with van der Waals surface area (Å²) in [6.45, 7) is 10.5. The van der Waals surface area contributed by atoms with E-state index >= 15 is 0 Å². The average Bonchev–Trinajstić information content (AvgIpc) is 3.68. The summed E-state index contributed by atoms with van der Waals surface area (Å²) >= 11 is 1.62. The van der Waals surface area contributed by atoms with Gasteiger partial charge in [-0.1, -0.05) is 36.4 Å². The second kappa shape index (κ2) is 12.4. The van der Waals surface area contributed by atoms with Crippen LogP contribution in [0.15, 0.2) is 49.6 Å². The highest BCUT2D eigenvalue weighted by atomic mass is 32.2. The maximum atomic E-state index is 14.6. The van der Waals surface area contributed by atoms with Crippen molar-refractivity contribution >= 4 is 40.6 Å². The molecule has 0 radical (unpaired) electrons. The highest BCUT2D eigenvalue weighted by Gasteiger charge is 2.76. The number of rotatable bonds is 14. The van der Waals surface area contributed by atoms with E-state index in [1.807, 2.05) is 30.3 Å². The van der Waals surface area contributed by atoms with Gasteiger partial charge in [0.25, 0.3) is 0 Å². The molecule has 1 aromatic carbocycles. The number of nitrogens with zero attached hydrogens (tertiary/aromatic N) is 5. The van der Waals surface area contributed by atoms with E-state index in [-0.39, 0.29) is 55.3 Å². The number of carbonyl (C=O) groups is 3. The normalized spacial score (nSPS) is 28.2. The van der Waals surface area contributed by atoms with Gasteiger partial charge in [0.05, 0.1) is 28.7 Å². The molecule has 1 spiro atoms. The Labute approximate surface area is 244 Å². The summed E-state index contributed by atoms with van der Waals surface area (Å²) in [5, 5.41) is 18.1. The monoisotopic (exact) mass is 581 g/mol. The van der Waals surface area contributed by atoms with E-state index in [1.165, 1.54) is 0 Å².